The maximum atomic E-state index is 12.0. The summed E-state index contributed by atoms with van der Waals surface area (Å²) in [6.07, 6.45) is 4.66. The number of amides is 2. The monoisotopic (exact) mass is 346 g/mol. The van der Waals surface area contributed by atoms with Crippen molar-refractivity contribution in [3.8, 4) is 0 Å². The van der Waals surface area contributed by atoms with E-state index in [9.17, 15) is 9.59 Å². The quantitative estimate of drug-likeness (QED) is 0.628. The van der Waals surface area contributed by atoms with Crippen molar-refractivity contribution in [2.24, 2.45) is 5.92 Å². The van der Waals surface area contributed by atoms with Gasteiger partial charge in [0, 0.05) is 57.6 Å². The summed E-state index contributed by atoms with van der Waals surface area (Å²) in [5.74, 6) is 0.311. The molecular weight excluding hydrogens is 316 g/mol. The Morgan fingerprint density at radius 1 is 1.22 bits per heavy atom. The van der Waals surface area contributed by atoms with Gasteiger partial charge >= 0.3 is 0 Å². The minimum Gasteiger partial charge on any atom is -0.355 e. The molecular formula is C16H31ClN4O2. The first kappa shape index (κ1) is 20.2. The third-order valence-electron chi connectivity index (χ3n) is 4.57. The summed E-state index contributed by atoms with van der Waals surface area (Å²) >= 11 is 0. The van der Waals surface area contributed by atoms with E-state index in [-0.39, 0.29) is 36.2 Å². The van der Waals surface area contributed by atoms with Gasteiger partial charge in [-0.1, -0.05) is 12.8 Å². The molecule has 1 saturated carbocycles. The van der Waals surface area contributed by atoms with Gasteiger partial charge in [0.1, 0.15) is 0 Å². The van der Waals surface area contributed by atoms with Crippen molar-refractivity contribution < 1.29 is 9.59 Å². The van der Waals surface area contributed by atoms with Crippen LogP contribution in [0.15, 0.2) is 0 Å². The summed E-state index contributed by atoms with van der Waals surface area (Å²) in [5, 5.41) is 9.24. The van der Waals surface area contributed by atoms with E-state index in [4.69, 9.17) is 0 Å². The van der Waals surface area contributed by atoms with Crippen molar-refractivity contribution in [1.29, 1.82) is 0 Å². The second kappa shape index (κ2) is 10.8. The van der Waals surface area contributed by atoms with Crippen LogP contribution in [0.3, 0.4) is 0 Å². The maximum Gasteiger partial charge on any atom is 0.223 e. The van der Waals surface area contributed by atoms with Crippen LogP contribution in [0.5, 0.6) is 0 Å². The van der Waals surface area contributed by atoms with Crippen molar-refractivity contribution in [1.82, 2.24) is 20.9 Å². The first-order chi connectivity index (χ1) is 10.6. The topological polar surface area (TPSA) is 73.5 Å². The Morgan fingerprint density at radius 2 is 1.87 bits per heavy atom. The number of carbonyl (C=O) groups excluding carboxylic acids is 2. The zero-order valence-electron chi connectivity index (χ0n) is 14.1. The molecule has 2 amide bonds. The molecule has 0 radical (unpaired) electrons. The van der Waals surface area contributed by atoms with E-state index in [0.29, 0.717) is 13.0 Å². The minimum absolute atomic E-state index is 0. The fourth-order valence-electron chi connectivity index (χ4n) is 3.24. The van der Waals surface area contributed by atoms with Crippen LogP contribution in [-0.4, -0.2) is 62.0 Å². The van der Waals surface area contributed by atoms with Gasteiger partial charge in [-0.3, -0.25) is 14.5 Å². The lowest BCUT2D eigenvalue weighted by Crippen LogP contribution is -2.46. The molecule has 6 nitrogen and oxygen atoms in total. The van der Waals surface area contributed by atoms with E-state index in [0.717, 1.165) is 58.4 Å². The number of nitrogens with zero attached hydrogens (tertiary/aromatic N) is 1. The summed E-state index contributed by atoms with van der Waals surface area (Å²) in [4.78, 5) is 26.3. The number of hydrogen-bond acceptors (Lipinski definition) is 4. The van der Waals surface area contributed by atoms with Crippen LogP contribution in [0.1, 0.15) is 39.0 Å². The van der Waals surface area contributed by atoms with Gasteiger partial charge in [0.15, 0.2) is 0 Å². The fourth-order valence-corrected chi connectivity index (χ4v) is 3.24. The Kier molecular flexibility index (Phi) is 9.52. The van der Waals surface area contributed by atoms with Crippen LogP contribution >= 0.6 is 12.4 Å². The van der Waals surface area contributed by atoms with Crippen LogP contribution in [-0.2, 0) is 9.59 Å². The molecule has 0 aromatic carbocycles. The molecule has 0 spiro atoms. The Balaban J connectivity index is 0.00000264. The highest BCUT2D eigenvalue weighted by molar-refractivity contribution is 5.85. The van der Waals surface area contributed by atoms with Gasteiger partial charge in [-0.15, -0.1) is 12.4 Å². The molecule has 1 aliphatic heterocycles. The van der Waals surface area contributed by atoms with Gasteiger partial charge < -0.3 is 16.0 Å². The zero-order chi connectivity index (χ0) is 15.8. The van der Waals surface area contributed by atoms with Crippen molar-refractivity contribution in [2.75, 3.05) is 39.3 Å². The molecule has 134 valence electrons. The van der Waals surface area contributed by atoms with Crippen molar-refractivity contribution >= 4 is 24.2 Å². The smallest absolute Gasteiger partial charge is 0.223 e. The van der Waals surface area contributed by atoms with Gasteiger partial charge in [-0.2, -0.15) is 0 Å². The summed E-state index contributed by atoms with van der Waals surface area (Å²) in [6, 6.07) is -0.0905. The van der Waals surface area contributed by atoms with E-state index >= 15 is 0 Å². The molecule has 1 aliphatic carbocycles. The largest absolute Gasteiger partial charge is 0.355 e. The summed E-state index contributed by atoms with van der Waals surface area (Å²) < 4.78 is 0. The molecule has 0 aromatic rings. The lowest BCUT2D eigenvalue weighted by molar-refractivity contribution is -0.126. The second-order valence-corrected chi connectivity index (χ2v) is 6.54. The first-order valence-corrected chi connectivity index (χ1v) is 8.65. The summed E-state index contributed by atoms with van der Waals surface area (Å²) in [6.45, 7) is 7.63. The average Bonchev–Trinajstić information content (AvgIpc) is 3.02. The van der Waals surface area contributed by atoms with E-state index in [1.165, 1.54) is 0 Å². The number of halogens is 1. The molecule has 7 heteroatoms. The Labute approximate surface area is 145 Å². The van der Waals surface area contributed by atoms with Gasteiger partial charge in [0.05, 0.1) is 0 Å². The Hall–Kier alpha value is -0.850. The van der Waals surface area contributed by atoms with Crippen molar-refractivity contribution in [2.45, 2.75) is 45.1 Å². The predicted molar refractivity (Wildman–Crippen MR) is 93.7 cm³/mol. The van der Waals surface area contributed by atoms with Crippen molar-refractivity contribution in [3.05, 3.63) is 0 Å². The predicted octanol–water partition coefficient (Wildman–Crippen LogP) is 0.515. The maximum absolute atomic E-state index is 12.0. The highest BCUT2D eigenvalue weighted by Gasteiger charge is 2.24. The fraction of sp³-hybridized carbons (Fsp3) is 0.875. The van der Waals surface area contributed by atoms with Crippen LogP contribution in [0.2, 0.25) is 0 Å². The third kappa shape index (κ3) is 7.50. The SMILES string of the molecule is CC(CC(=O)NCCN1CCNCC1)NC(=O)C1CCCC1.Cl. The van der Waals surface area contributed by atoms with Gasteiger partial charge in [-0.05, 0) is 19.8 Å². The Morgan fingerprint density at radius 3 is 2.52 bits per heavy atom. The van der Waals surface area contributed by atoms with Gasteiger partial charge in [-0.25, -0.2) is 0 Å². The highest BCUT2D eigenvalue weighted by atomic mass is 35.5. The second-order valence-electron chi connectivity index (χ2n) is 6.54. The molecule has 2 fully saturated rings. The van der Waals surface area contributed by atoms with Gasteiger partial charge in [0.25, 0.3) is 0 Å². The number of hydrogen-bond donors (Lipinski definition) is 3. The van der Waals surface area contributed by atoms with E-state index < -0.39 is 0 Å². The number of carbonyl (C=O) groups is 2. The molecule has 1 unspecified atom stereocenters. The summed E-state index contributed by atoms with van der Waals surface area (Å²) in [7, 11) is 0. The zero-order valence-corrected chi connectivity index (χ0v) is 14.9. The number of rotatable bonds is 7. The molecule has 23 heavy (non-hydrogen) atoms. The average molecular weight is 347 g/mol. The lowest BCUT2D eigenvalue weighted by Gasteiger charge is -2.27. The van der Waals surface area contributed by atoms with Gasteiger partial charge in [0.2, 0.25) is 11.8 Å². The highest BCUT2D eigenvalue weighted by Crippen LogP contribution is 2.24. The van der Waals surface area contributed by atoms with E-state index in [2.05, 4.69) is 20.9 Å². The molecule has 2 rings (SSSR count). The Bertz CT molecular complexity index is 369. The van der Waals surface area contributed by atoms with Crippen LogP contribution in [0.4, 0.5) is 0 Å². The first-order valence-electron chi connectivity index (χ1n) is 8.65. The van der Waals surface area contributed by atoms with E-state index in [1.807, 2.05) is 6.92 Å². The molecule has 1 atom stereocenters. The number of nitrogens with one attached hydrogen (secondary N) is 3. The van der Waals surface area contributed by atoms with Crippen molar-refractivity contribution in [3.63, 3.8) is 0 Å². The van der Waals surface area contributed by atoms with Crippen LogP contribution < -0.4 is 16.0 Å². The van der Waals surface area contributed by atoms with Crippen LogP contribution in [0, 0.1) is 5.92 Å². The third-order valence-corrected chi connectivity index (χ3v) is 4.57. The standard InChI is InChI=1S/C16H30N4O2.ClH/c1-13(19-16(22)14-4-2-3-5-14)12-15(21)18-8-11-20-9-6-17-7-10-20;/h13-14,17H,2-12H2,1H3,(H,18,21)(H,19,22);1H. The summed E-state index contributed by atoms with van der Waals surface area (Å²) in [5.41, 5.74) is 0. The molecule has 0 bridgehead atoms. The molecule has 3 N–H and O–H groups in total. The molecule has 2 aliphatic rings. The normalized spacial score (nSPS) is 20.6. The lowest BCUT2D eigenvalue weighted by atomic mass is 10.1. The minimum atomic E-state index is -0.0905. The van der Waals surface area contributed by atoms with E-state index in [1.54, 1.807) is 0 Å². The van der Waals surface area contributed by atoms with Crippen LogP contribution in [0.25, 0.3) is 0 Å². The molecule has 1 saturated heterocycles. The number of piperazine rings is 1. The molecule has 0 aromatic heterocycles. The molecule has 1 heterocycles.